The van der Waals surface area contributed by atoms with Gasteiger partial charge in [-0.3, -0.25) is 9.59 Å². The standard InChI is InChI=1S/C24H26N6O2S2/c1-5-30-19(12-20(31)25-17-10-9-14(2)16(4)11-17)28-29-24(30)33-13-21(32)26-23-27-22-15(3)7-6-8-18(22)34-23/h6-11H,5,12-13H2,1-4H3,(H,25,31)(H,26,27,32). The van der Waals surface area contributed by atoms with Crippen LogP contribution in [0.25, 0.3) is 10.2 Å². The number of hydrogen-bond donors (Lipinski definition) is 2. The van der Waals surface area contributed by atoms with Gasteiger partial charge in [-0.05, 0) is 62.6 Å². The third-order valence-electron chi connectivity index (χ3n) is 5.42. The van der Waals surface area contributed by atoms with Gasteiger partial charge in [0.1, 0.15) is 5.82 Å². The van der Waals surface area contributed by atoms with Gasteiger partial charge in [0, 0.05) is 12.2 Å². The normalized spacial score (nSPS) is 11.1. The highest BCUT2D eigenvalue weighted by molar-refractivity contribution is 7.99. The number of nitrogens with zero attached hydrogens (tertiary/aromatic N) is 4. The summed E-state index contributed by atoms with van der Waals surface area (Å²) in [5.41, 5.74) is 5.03. The second kappa shape index (κ2) is 10.4. The smallest absolute Gasteiger partial charge is 0.236 e. The van der Waals surface area contributed by atoms with Crippen LogP contribution >= 0.6 is 23.1 Å². The molecule has 0 fully saturated rings. The van der Waals surface area contributed by atoms with Gasteiger partial charge in [-0.25, -0.2) is 4.98 Å². The van der Waals surface area contributed by atoms with E-state index >= 15 is 0 Å². The summed E-state index contributed by atoms with van der Waals surface area (Å²) in [6.07, 6.45) is 0.103. The Balaban J connectivity index is 1.35. The molecular formula is C24H26N6O2S2. The van der Waals surface area contributed by atoms with E-state index in [0.29, 0.717) is 22.7 Å². The minimum absolute atomic E-state index is 0.103. The molecule has 4 rings (SSSR count). The zero-order chi connectivity index (χ0) is 24.2. The number of aryl methyl sites for hydroxylation is 3. The third-order valence-corrected chi connectivity index (χ3v) is 7.32. The second-order valence-electron chi connectivity index (χ2n) is 7.94. The Morgan fingerprint density at radius 3 is 2.56 bits per heavy atom. The number of thiazole rings is 1. The molecule has 2 N–H and O–H groups in total. The zero-order valence-electron chi connectivity index (χ0n) is 19.5. The number of fused-ring (bicyclic) bond motifs is 1. The van der Waals surface area contributed by atoms with E-state index in [1.54, 1.807) is 0 Å². The van der Waals surface area contributed by atoms with Crippen LogP contribution in [-0.4, -0.2) is 37.3 Å². The molecule has 0 radical (unpaired) electrons. The number of nitrogens with one attached hydrogen (secondary N) is 2. The molecule has 0 aliphatic heterocycles. The first-order valence-corrected chi connectivity index (χ1v) is 12.7. The summed E-state index contributed by atoms with van der Waals surface area (Å²) >= 11 is 2.74. The monoisotopic (exact) mass is 494 g/mol. The molecule has 0 saturated carbocycles. The molecule has 2 heterocycles. The fourth-order valence-corrected chi connectivity index (χ4v) is 5.25. The van der Waals surface area contributed by atoms with E-state index < -0.39 is 0 Å². The van der Waals surface area contributed by atoms with Crippen LogP contribution in [0.2, 0.25) is 0 Å². The Bertz CT molecular complexity index is 1360. The van der Waals surface area contributed by atoms with E-state index in [1.165, 1.54) is 28.7 Å². The lowest BCUT2D eigenvalue weighted by Crippen LogP contribution is -2.18. The number of rotatable bonds is 8. The van der Waals surface area contributed by atoms with Crippen LogP contribution < -0.4 is 10.6 Å². The first kappa shape index (κ1) is 23.9. The predicted octanol–water partition coefficient (Wildman–Crippen LogP) is 4.74. The van der Waals surface area contributed by atoms with Gasteiger partial charge >= 0.3 is 0 Å². The van der Waals surface area contributed by atoms with Crippen LogP contribution in [0.5, 0.6) is 0 Å². The quantitative estimate of drug-likeness (QED) is 0.343. The Morgan fingerprint density at radius 1 is 1.00 bits per heavy atom. The molecule has 4 aromatic rings. The van der Waals surface area contributed by atoms with Gasteiger partial charge in [0.15, 0.2) is 10.3 Å². The summed E-state index contributed by atoms with van der Waals surface area (Å²) < 4.78 is 2.90. The number of hydrogen-bond acceptors (Lipinski definition) is 7. The molecule has 2 aromatic carbocycles. The van der Waals surface area contributed by atoms with Crippen LogP contribution in [0.3, 0.4) is 0 Å². The lowest BCUT2D eigenvalue weighted by molar-refractivity contribution is -0.116. The highest BCUT2D eigenvalue weighted by atomic mass is 32.2. The van der Waals surface area contributed by atoms with Crippen molar-refractivity contribution in [2.75, 3.05) is 16.4 Å². The zero-order valence-corrected chi connectivity index (χ0v) is 21.1. The highest BCUT2D eigenvalue weighted by Crippen LogP contribution is 2.28. The number of aromatic nitrogens is 4. The fraction of sp³-hybridized carbons (Fsp3) is 0.292. The van der Waals surface area contributed by atoms with Crippen molar-refractivity contribution < 1.29 is 9.59 Å². The Hall–Kier alpha value is -3.24. The molecule has 0 atom stereocenters. The fourth-order valence-electron chi connectivity index (χ4n) is 3.47. The van der Waals surface area contributed by atoms with Crippen molar-refractivity contribution in [1.29, 1.82) is 0 Å². The molecule has 0 saturated heterocycles. The van der Waals surface area contributed by atoms with Crippen LogP contribution in [0.15, 0.2) is 41.6 Å². The Kier molecular flexibility index (Phi) is 7.28. The molecule has 0 unspecified atom stereocenters. The summed E-state index contributed by atoms with van der Waals surface area (Å²) in [6, 6.07) is 11.8. The number of anilines is 2. The lowest BCUT2D eigenvalue weighted by atomic mass is 10.1. The van der Waals surface area contributed by atoms with Crippen molar-refractivity contribution in [3.8, 4) is 0 Å². The van der Waals surface area contributed by atoms with Gasteiger partial charge < -0.3 is 15.2 Å². The highest BCUT2D eigenvalue weighted by Gasteiger charge is 2.17. The van der Waals surface area contributed by atoms with Crippen molar-refractivity contribution in [1.82, 2.24) is 19.7 Å². The number of carbonyl (C=O) groups excluding carboxylic acids is 2. The van der Waals surface area contributed by atoms with Gasteiger partial charge in [-0.1, -0.05) is 41.3 Å². The van der Waals surface area contributed by atoms with Crippen LogP contribution in [0.4, 0.5) is 10.8 Å². The summed E-state index contributed by atoms with van der Waals surface area (Å²) in [5.74, 6) is 0.405. The van der Waals surface area contributed by atoms with Crippen molar-refractivity contribution >= 4 is 55.9 Å². The minimum Gasteiger partial charge on any atom is -0.326 e. The molecule has 8 nitrogen and oxygen atoms in total. The molecule has 0 aliphatic rings. The predicted molar refractivity (Wildman–Crippen MR) is 138 cm³/mol. The number of benzene rings is 2. The molecule has 0 aliphatic carbocycles. The Morgan fingerprint density at radius 2 is 1.82 bits per heavy atom. The van der Waals surface area contributed by atoms with Crippen molar-refractivity contribution in [3.63, 3.8) is 0 Å². The maximum absolute atomic E-state index is 12.6. The van der Waals surface area contributed by atoms with Crippen molar-refractivity contribution in [2.24, 2.45) is 0 Å². The summed E-state index contributed by atoms with van der Waals surface area (Å²) in [4.78, 5) is 29.6. The van der Waals surface area contributed by atoms with Gasteiger partial charge in [0.2, 0.25) is 11.8 Å². The first-order valence-electron chi connectivity index (χ1n) is 10.9. The molecule has 34 heavy (non-hydrogen) atoms. The van der Waals surface area contributed by atoms with E-state index in [2.05, 4.69) is 25.8 Å². The largest absolute Gasteiger partial charge is 0.326 e. The van der Waals surface area contributed by atoms with E-state index in [4.69, 9.17) is 0 Å². The average Bonchev–Trinajstić information content (AvgIpc) is 3.38. The molecular weight excluding hydrogens is 468 g/mol. The van der Waals surface area contributed by atoms with Crippen molar-refractivity contribution in [3.05, 3.63) is 58.9 Å². The molecule has 2 amide bonds. The number of amides is 2. The number of thioether (sulfide) groups is 1. The molecule has 10 heteroatoms. The van der Waals surface area contributed by atoms with Crippen LogP contribution in [0.1, 0.15) is 29.4 Å². The average molecular weight is 495 g/mol. The first-order chi connectivity index (χ1) is 16.3. The van der Waals surface area contributed by atoms with E-state index in [1.807, 2.05) is 68.7 Å². The third kappa shape index (κ3) is 5.45. The molecule has 0 bridgehead atoms. The maximum atomic E-state index is 12.6. The van der Waals surface area contributed by atoms with Gasteiger partial charge in [-0.2, -0.15) is 0 Å². The van der Waals surface area contributed by atoms with Gasteiger partial charge in [0.25, 0.3) is 0 Å². The summed E-state index contributed by atoms with van der Waals surface area (Å²) in [7, 11) is 0. The molecule has 176 valence electrons. The molecule has 2 aromatic heterocycles. The van der Waals surface area contributed by atoms with Crippen LogP contribution in [-0.2, 0) is 22.6 Å². The number of carbonyl (C=O) groups is 2. The number of para-hydroxylation sites is 1. The van der Waals surface area contributed by atoms with Crippen molar-refractivity contribution in [2.45, 2.75) is 45.8 Å². The lowest BCUT2D eigenvalue weighted by Gasteiger charge is -2.09. The van der Waals surface area contributed by atoms with Gasteiger partial charge in [0.05, 0.1) is 22.4 Å². The summed E-state index contributed by atoms with van der Waals surface area (Å²) in [5, 5.41) is 15.4. The summed E-state index contributed by atoms with van der Waals surface area (Å²) in [6.45, 7) is 8.60. The molecule has 0 spiro atoms. The van der Waals surface area contributed by atoms with Gasteiger partial charge in [-0.15, -0.1) is 10.2 Å². The minimum atomic E-state index is -0.165. The van der Waals surface area contributed by atoms with E-state index in [9.17, 15) is 9.59 Å². The van der Waals surface area contributed by atoms with Crippen LogP contribution in [0, 0.1) is 20.8 Å². The SMILES string of the molecule is CCn1c(CC(=O)Nc2ccc(C)c(C)c2)nnc1SCC(=O)Nc1nc2c(C)cccc2s1. The topological polar surface area (TPSA) is 102 Å². The van der Waals surface area contributed by atoms with E-state index in [-0.39, 0.29) is 24.0 Å². The van der Waals surface area contributed by atoms with E-state index in [0.717, 1.165) is 27.0 Å². The second-order valence-corrected chi connectivity index (χ2v) is 9.92. The Labute approximate surface area is 206 Å². The maximum Gasteiger partial charge on any atom is 0.236 e.